The van der Waals surface area contributed by atoms with E-state index >= 15 is 0 Å². The molecule has 2 fully saturated rings. The zero-order chi connectivity index (χ0) is 17.8. The molecule has 4 rings (SSSR count). The summed E-state index contributed by atoms with van der Waals surface area (Å²) in [6.07, 6.45) is 0. The van der Waals surface area contributed by atoms with Crippen LogP contribution in [0.4, 0.5) is 11.4 Å². The lowest BCUT2D eigenvalue weighted by molar-refractivity contribution is 0.601. The van der Waals surface area contributed by atoms with Crippen LogP contribution in [0.15, 0.2) is 48.5 Å². The number of rotatable bonds is 2. The van der Waals surface area contributed by atoms with Crippen LogP contribution < -0.4 is 9.80 Å². The number of hydrogen-bond donors (Lipinski definition) is 0. The lowest BCUT2D eigenvalue weighted by Crippen LogP contribution is -2.38. The third kappa shape index (κ3) is 2.64. The van der Waals surface area contributed by atoms with E-state index in [0.29, 0.717) is 5.11 Å². The first-order chi connectivity index (χ1) is 11.9. The molecule has 0 aliphatic carbocycles. The SMILES string of the molecule is Cc1cccc(N2C(=S)N(c3ccccc3)[C@@H]3CS(=O)(=O)C[C@@H]32)c1C. The second-order valence-corrected chi connectivity index (χ2v) is 9.31. The average Bonchev–Trinajstić information content (AvgIpc) is 3.00. The fourth-order valence-electron chi connectivity index (χ4n) is 3.87. The van der Waals surface area contributed by atoms with Gasteiger partial charge in [-0.2, -0.15) is 0 Å². The van der Waals surface area contributed by atoms with E-state index in [1.165, 1.54) is 5.56 Å². The number of para-hydroxylation sites is 1. The Morgan fingerprint density at radius 1 is 0.920 bits per heavy atom. The monoisotopic (exact) mass is 372 g/mol. The van der Waals surface area contributed by atoms with E-state index in [9.17, 15) is 8.42 Å². The van der Waals surface area contributed by atoms with Crippen molar-refractivity contribution in [3.63, 3.8) is 0 Å². The van der Waals surface area contributed by atoms with Gasteiger partial charge in [0.15, 0.2) is 14.9 Å². The molecule has 2 aromatic rings. The minimum atomic E-state index is -3.08. The summed E-state index contributed by atoms with van der Waals surface area (Å²) < 4.78 is 24.7. The zero-order valence-electron chi connectivity index (χ0n) is 14.2. The number of fused-ring (bicyclic) bond motifs is 1. The maximum atomic E-state index is 12.4. The standard InChI is InChI=1S/C19H20N2O2S2/c1-13-7-6-10-16(14(13)2)21-18-12-25(22,23)11-17(18)20(19(21)24)15-8-4-3-5-9-15/h3-10,17-18H,11-12H2,1-2H3/t17-,18+/m1/s1. The third-order valence-electron chi connectivity index (χ3n) is 5.24. The summed E-state index contributed by atoms with van der Waals surface area (Å²) in [5.74, 6) is 0.294. The molecule has 2 saturated heterocycles. The summed E-state index contributed by atoms with van der Waals surface area (Å²) >= 11 is 5.82. The van der Waals surface area contributed by atoms with Gasteiger partial charge in [0.25, 0.3) is 0 Å². The zero-order valence-corrected chi connectivity index (χ0v) is 15.8. The topological polar surface area (TPSA) is 40.6 Å². The van der Waals surface area contributed by atoms with Gasteiger partial charge in [0.05, 0.1) is 23.6 Å². The van der Waals surface area contributed by atoms with Crippen molar-refractivity contribution in [2.45, 2.75) is 25.9 Å². The Morgan fingerprint density at radius 3 is 2.24 bits per heavy atom. The van der Waals surface area contributed by atoms with E-state index in [-0.39, 0.29) is 23.6 Å². The fourth-order valence-corrected chi connectivity index (χ4v) is 6.27. The van der Waals surface area contributed by atoms with Crippen LogP contribution in [0.2, 0.25) is 0 Å². The molecule has 0 spiro atoms. The van der Waals surface area contributed by atoms with Crippen molar-refractivity contribution in [1.82, 2.24) is 0 Å². The van der Waals surface area contributed by atoms with E-state index in [4.69, 9.17) is 12.2 Å². The Hall–Kier alpha value is -1.92. The summed E-state index contributed by atoms with van der Waals surface area (Å²) in [6, 6.07) is 15.7. The molecule has 6 heteroatoms. The predicted octanol–water partition coefficient (Wildman–Crippen LogP) is 3.08. The predicted molar refractivity (Wildman–Crippen MR) is 106 cm³/mol. The van der Waals surface area contributed by atoms with Crippen molar-refractivity contribution < 1.29 is 8.42 Å². The third-order valence-corrected chi connectivity index (χ3v) is 7.33. The van der Waals surface area contributed by atoms with Gasteiger partial charge in [-0.1, -0.05) is 30.3 Å². The average molecular weight is 373 g/mol. The van der Waals surface area contributed by atoms with Crippen molar-refractivity contribution in [2.24, 2.45) is 0 Å². The summed E-state index contributed by atoms with van der Waals surface area (Å²) in [6.45, 7) is 4.13. The minimum Gasteiger partial charge on any atom is -0.312 e. The van der Waals surface area contributed by atoms with E-state index < -0.39 is 9.84 Å². The molecule has 0 amide bonds. The molecule has 0 radical (unpaired) electrons. The molecule has 2 aliphatic rings. The number of benzene rings is 2. The molecule has 4 nitrogen and oxygen atoms in total. The van der Waals surface area contributed by atoms with Gasteiger partial charge in [-0.25, -0.2) is 8.42 Å². The highest BCUT2D eigenvalue weighted by Gasteiger charge is 2.52. The van der Waals surface area contributed by atoms with Gasteiger partial charge in [-0.05, 0) is 55.4 Å². The molecule has 0 N–H and O–H groups in total. The highest BCUT2D eigenvalue weighted by molar-refractivity contribution is 7.91. The maximum absolute atomic E-state index is 12.4. The Labute approximate surface area is 154 Å². The van der Waals surface area contributed by atoms with Gasteiger partial charge < -0.3 is 9.80 Å². The molecule has 2 atom stereocenters. The molecule has 2 aliphatic heterocycles. The molecule has 25 heavy (non-hydrogen) atoms. The molecule has 0 saturated carbocycles. The van der Waals surface area contributed by atoms with E-state index in [1.807, 2.05) is 47.4 Å². The van der Waals surface area contributed by atoms with E-state index in [0.717, 1.165) is 16.9 Å². The number of thiocarbonyl (C=S) groups is 1. The second-order valence-electron chi connectivity index (χ2n) is 6.79. The first kappa shape index (κ1) is 16.5. The quantitative estimate of drug-likeness (QED) is 0.758. The summed E-state index contributed by atoms with van der Waals surface area (Å²) in [5.41, 5.74) is 4.28. The number of anilines is 2. The molecular weight excluding hydrogens is 352 g/mol. The fraction of sp³-hybridized carbons (Fsp3) is 0.316. The smallest absolute Gasteiger partial charge is 0.181 e. The Bertz CT molecular complexity index is 941. The van der Waals surface area contributed by atoms with Gasteiger partial charge >= 0.3 is 0 Å². The molecular formula is C19H20N2O2S2. The van der Waals surface area contributed by atoms with Crippen LogP contribution in [-0.2, 0) is 9.84 Å². The summed E-state index contributed by atoms with van der Waals surface area (Å²) in [5, 5.41) is 0.685. The van der Waals surface area contributed by atoms with Crippen molar-refractivity contribution in [2.75, 3.05) is 21.3 Å². The van der Waals surface area contributed by atoms with Gasteiger partial charge in [-0.3, -0.25) is 0 Å². The molecule has 2 heterocycles. The highest BCUT2D eigenvalue weighted by atomic mass is 32.2. The van der Waals surface area contributed by atoms with Crippen LogP contribution in [-0.4, -0.2) is 37.1 Å². The van der Waals surface area contributed by atoms with Crippen LogP contribution in [0.3, 0.4) is 0 Å². The second kappa shape index (κ2) is 5.81. The number of nitrogens with zero attached hydrogens (tertiary/aromatic N) is 2. The van der Waals surface area contributed by atoms with Crippen molar-refractivity contribution in [3.05, 3.63) is 59.7 Å². The first-order valence-electron chi connectivity index (χ1n) is 8.33. The highest BCUT2D eigenvalue weighted by Crippen LogP contribution is 2.39. The van der Waals surface area contributed by atoms with Gasteiger partial charge in [0.2, 0.25) is 0 Å². The van der Waals surface area contributed by atoms with Gasteiger partial charge in [-0.15, -0.1) is 0 Å². The normalized spacial score (nSPS) is 24.6. The Kier molecular flexibility index (Phi) is 3.85. The number of hydrogen-bond acceptors (Lipinski definition) is 3. The molecule has 2 aromatic carbocycles. The minimum absolute atomic E-state index is 0.139. The Balaban J connectivity index is 1.85. The molecule has 130 valence electrons. The summed E-state index contributed by atoms with van der Waals surface area (Å²) in [7, 11) is -3.08. The van der Waals surface area contributed by atoms with Crippen molar-refractivity contribution in [3.8, 4) is 0 Å². The van der Waals surface area contributed by atoms with E-state index in [2.05, 4.69) is 24.8 Å². The van der Waals surface area contributed by atoms with Crippen molar-refractivity contribution >= 4 is 38.5 Å². The van der Waals surface area contributed by atoms with Crippen LogP contribution in [0.25, 0.3) is 0 Å². The lowest BCUT2D eigenvalue weighted by Gasteiger charge is -2.27. The first-order valence-corrected chi connectivity index (χ1v) is 10.6. The summed E-state index contributed by atoms with van der Waals surface area (Å²) in [4.78, 5) is 4.08. The maximum Gasteiger partial charge on any atom is 0.181 e. The Morgan fingerprint density at radius 2 is 1.56 bits per heavy atom. The van der Waals surface area contributed by atoms with Crippen LogP contribution in [0.5, 0.6) is 0 Å². The van der Waals surface area contributed by atoms with Crippen molar-refractivity contribution in [1.29, 1.82) is 0 Å². The van der Waals surface area contributed by atoms with Gasteiger partial charge in [0.1, 0.15) is 0 Å². The van der Waals surface area contributed by atoms with E-state index in [1.54, 1.807) is 0 Å². The largest absolute Gasteiger partial charge is 0.312 e. The molecule has 0 unspecified atom stereocenters. The van der Waals surface area contributed by atoms with Crippen LogP contribution >= 0.6 is 12.2 Å². The van der Waals surface area contributed by atoms with Crippen LogP contribution in [0.1, 0.15) is 11.1 Å². The lowest BCUT2D eigenvalue weighted by atomic mass is 10.1. The van der Waals surface area contributed by atoms with Crippen LogP contribution in [0, 0.1) is 13.8 Å². The molecule has 0 aromatic heterocycles. The molecule has 0 bridgehead atoms. The number of aryl methyl sites for hydroxylation is 1. The number of sulfone groups is 1. The van der Waals surface area contributed by atoms with Gasteiger partial charge in [0, 0.05) is 11.4 Å².